The fourth-order valence-corrected chi connectivity index (χ4v) is 4.73. The molecular formula is C22H21NO3S. The van der Waals surface area contributed by atoms with Crippen molar-refractivity contribution in [1.29, 1.82) is 0 Å². The molecule has 0 bridgehead atoms. The van der Waals surface area contributed by atoms with Gasteiger partial charge in [0.15, 0.2) is 0 Å². The Bertz CT molecular complexity index is 1040. The lowest BCUT2D eigenvalue weighted by Gasteiger charge is -2.26. The zero-order valence-electron chi connectivity index (χ0n) is 15.9. The van der Waals surface area contributed by atoms with Crippen molar-refractivity contribution >= 4 is 10.0 Å². The molecule has 138 valence electrons. The molecule has 27 heavy (non-hydrogen) atoms. The van der Waals surface area contributed by atoms with Gasteiger partial charge in [-0.15, -0.1) is 0 Å². The van der Waals surface area contributed by atoms with Crippen molar-refractivity contribution < 1.29 is 14.5 Å². The third-order valence-electron chi connectivity index (χ3n) is 4.74. The normalized spacial score (nSPS) is 23.9. The van der Waals surface area contributed by atoms with E-state index in [-0.39, 0.29) is 4.90 Å². The first-order valence-corrected chi connectivity index (χ1v) is 10.2. The predicted molar refractivity (Wildman–Crippen MR) is 105 cm³/mol. The number of hydrogen-bond acceptors (Lipinski definition) is 3. The molecule has 0 unspecified atom stereocenters. The summed E-state index contributed by atoms with van der Waals surface area (Å²) in [5.74, 6) is 0. The molecule has 0 aromatic heterocycles. The molecule has 1 aliphatic rings. The molecular weight excluding hydrogens is 358 g/mol. The van der Waals surface area contributed by atoms with Crippen LogP contribution in [0.1, 0.15) is 30.2 Å². The Morgan fingerprint density at radius 3 is 2.04 bits per heavy atom. The highest BCUT2D eigenvalue weighted by molar-refractivity contribution is 7.89. The molecule has 1 fully saturated rings. The van der Waals surface area contributed by atoms with Crippen LogP contribution < -0.4 is 0 Å². The molecule has 0 spiro atoms. The van der Waals surface area contributed by atoms with Crippen LogP contribution in [0.2, 0.25) is 0 Å². The quantitative estimate of drug-likeness (QED) is 0.671. The molecule has 4 rings (SSSR count). The topological polar surface area (TPSA) is 46.6 Å². The lowest BCUT2D eigenvalue weighted by molar-refractivity contribution is 0.0978. The number of benzene rings is 3. The Morgan fingerprint density at radius 1 is 0.889 bits per heavy atom. The van der Waals surface area contributed by atoms with Crippen molar-refractivity contribution in [3.63, 3.8) is 0 Å². The number of sulfonamides is 1. The van der Waals surface area contributed by atoms with E-state index in [9.17, 15) is 8.42 Å². The number of aryl methyl sites for hydroxylation is 1. The summed E-state index contributed by atoms with van der Waals surface area (Å²) in [6.45, 7) is 0.572. The molecule has 0 N–H and O–H groups in total. The van der Waals surface area contributed by atoms with Crippen LogP contribution >= 0.6 is 0 Å². The molecule has 3 aromatic carbocycles. The summed E-state index contributed by atoms with van der Waals surface area (Å²) in [6, 6.07) is 24.9. The van der Waals surface area contributed by atoms with E-state index in [2.05, 4.69) is 0 Å². The van der Waals surface area contributed by atoms with Crippen molar-refractivity contribution in [3.05, 3.63) is 102 Å². The second kappa shape index (κ2) is 7.27. The molecule has 1 saturated heterocycles. The highest BCUT2D eigenvalue weighted by Gasteiger charge is 2.44. The number of ether oxygens (including phenoxy) is 1. The summed E-state index contributed by atoms with van der Waals surface area (Å²) in [4.78, 5) is 0.161. The summed E-state index contributed by atoms with van der Waals surface area (Å²) in [6.07, 6.45) is -0.564. The van der Waals surface area contributed by atoms with Crippen LogP contribution in [-0.2, 0) is 14.8 Å². The van der Waals surface area contributed by atoms with Gasteiger partial charge in [0.25, 0.3) is 0 Å². The maximum atomic E-state index is 13.4. The van der Waals surface area contributed by atoms with Crippen LogP contribution in [0.15, 0.2) is 89.8 Å². The first kappa shape index (κ1) is 16.7. The van der Waals surface area contributed by atoms with E-state index >= 15 is 0 Å². The standard InChI is InChI=1S/C22H21NO3S/c1-17-12-14-20(15-13-17)27(24,25)23-16-26-22(19-10-6-3-7-11-19)21(23)18-8-4-2-5-9-18/h2-15,21-22H,16H2,1H3/t21-,22+/m1/s1/i16D/t16-,21+,22-/m0. The summed E-state index contributed by atoms with van der Waals surface area (Å²) < 4.78 is 42.3. The Morgan fingerprint density at radius 2 is 1.44 bits per heavy atom. The van der Waals surface area contributed by atoms with Gasteiger partial charge in [-0.05, 0) is 30.2 Å². The van der Waals surface area contributed by atoms with Crippen LogP contribution in [-0.4, -0.2) is 19.4 Å². The second-order valence-corrected chi connectivity index (χ2v) is 8.42. The predicted octanol–water partition coefficient (Wildman–Crippen LogP) is 4.46. The van der Waals surface area contributed by atoms with E-state index in [4.69, 9.17) is 6.11 Å². The lowest BCUT2D eigenvalue weighted by atomic mass is 9.97. The van der Waals surface area contributed by atoms with E-state index in [0.717, 1.165) is 16.7 Å². The molecule has 0 saturated carbocycles. The Balaban J connectivity index is 1.84. The average molecular weight is 380 g/mol. The van der Waals surface area contributed by atoms with Gasteiger partial charge in [-0.3, -0.25) is 0 Å². The summed E-state index contributed by atoms with van der Waals surface area (Å²) in [7, 11) is -3.92. The largest absolute Gasteiger partial charge is 0.355 e. The Labute approximate surface area is 161 Å². The maximum absolute atomic E-state index is 13.4. The molecule has 0 amide bonds. The van der Waals surface area contributed by atoms with Gasteiger partial charge in [0, 0.05) is 0 Å². The zero-order chi connectivity index (χ0) is 19.7. The van der Waals surface area contributed by atoms with Gasteiger partial charge in [-0.2, -0.15) is 4.31 Å². The zero-order valence-corrected chi connectivity index (χ0v) is 15.7. The molecule has 0 radical (unpaired) electrons. The monoisotopic (exact) mass is 380 g/mol. The molecule has 4 nitrogen and oxygen atoms in total. The van der Waals surface area contributed by atoms with Crippen molar-refractivity contribution in [2.75, 3.05) is 6.71 Å². The average Bonchev–Trinajstić information content (AvgIpc) is 3.07. The van der Waals surface area contributed by atoms with Crippen molar-refractivity contribution in [2.24, 2.45) is 0 Å². The van der Waals surface area contributed by atoms with Gasteiger partial charge in [0.2, 0.25) is 10.0 Å². The molecule has 0 aliphatic carbocycles. The maximum Gasteiger partial charge on any atom is 0.245 e. The van der Waals surface area contributed by atoms with Crippen LogP contribution in [0.3, 0.4) is 0 Å². The van der Waals surface area contributed by atoms with E-state index < -0.39 is 28.9 Å². The number of nitrogens with zero attached hydrogens (tertiary/aromatic N) is 1. The highest BCUT2D eigenvalue weighted by Crippen LogP contribution is 2.44. The van der Waals surface area contributed by atoms with Crippen LogP contribution in [0, 0.1) is 6.92 Å². The Kier molecular flexibility index (Phi) is 4.49. The number of rotatable bonds is 4. The molecule has 5 heteroatoms. The minimum absolute atomic E-state index is 0.161. The van der Waals surface area contributed by atoms with Gasteiger partial charge in [-0.25, -0.2) is 8.42 Å². The van der Waals surface area contributed by atoms with Gasteiger partial charge >= 0.3 is 0 Å². The molecule has 1 aliphatic heterocycles. The van der Waals surface area contributed by atoms with E-state index in [0.29, 0.717) is 0 Å². The molecule has 1 heterocycles. The van der Waals surface area contributed by atoms with Crippen LogP contribution in [0.25, 0.3) is 0 Å². The highest BCUT2D eigenvalue weighted by atomic mass is 32.2. The van der Waals surface area contributed by atoms with E-state index in [1.807, 2.05) is 67.6 Å². The molecule has 3 atom stereocenters. The minimum atomic E-state index is -3.92. The van der Waals surface area contributed by atoms with Gasteiger partial charge in [0.05, 0.1) is 12.3 Å². The van der Waals surface area contributed by atoms with Crippen LogP contribution in [0.4, 0.5) is 0 Å². The van der Waals surface area contributed by atoms with Gasteiger partial charge in [-0.1, -0.05) is 78.4 Å². The first-order chi connectivity index (χ1) is 13.5. The SMILES string of the molecule is [2H][C@@H]1O[C@@H](c2ccccc2)[C@@H](c2ccccc2)N1S(=O)(=O)c1ccc(C)cc1. The fourth-order valence-electron chi connectivity index (χ4n) is 3.31. The summed E-state index contributed by atoms with van der Waals surface area (Å²) in [5.41, 5.74) is 2.61. The lowest BCUT2D eigenvalue weighted by Crippen LogP contribution is -2.32. The molecule has 3 aromatic rings. The van der Waals surface area contributed by atoms with Crippen molar-refractivity contribution in [1.82, 2.24) is 4.31 Å². The van der Waals surface area contributed by atoms with Crippen molar-refractivity contribution in [2.45, 2.75) is 24.0 Å². The number of hydrogen-bond donors (Lipinski definition) is 0. The van der Waals surface area contributed by atoms with E-state index in [1.54, 1.807) is 24.3 Å². The van der Waals surface area contributed by atoms with Crippen LogP contribution in [0.5, 0.6) is 0 Å². The summed E-state index contributed by atoms with van der Waals surface area (Å²) in [5, 5.41) is 0. The van der Waals surface area contributed by atoms with Crippen molar-refractivity contribution in [3.8, 4) is 0 Å². The second-order valence-electron chi connectivity index (χ2n) is 6.58. The fraction of sp³-hybridized carbons (Fsp3) is 0.182. The first-order valence-electron chi connectivity index (χ1n) is 9.34. The third kappa shape index (κ3) is 3.41. The third-order valence-corrected chi connectivity index (χ3v) is 6.47. The van der Waals surface area contributed by atoms with E-state index in [1.165, 1.54) is 4.31 Å². The summed E-state index contributed by atoms with van der Waals surface area (Å²) >= 11 is 0. The minimum Gasteiger partial charge on any atom is -0.355 e. The van der Waals surface area contributed by atoms with Gasteiger partial charge in [0.1, 0.15) is 12.8 Å². The Hall–Kier alpha value is -2.47. The smallest absolute Gasteiger partial charge is 0.245 e. The van der Waals surface area contributed by atoms with Gasteiger partial charge < -0.3 is 4.74 Å².